The Balaban J connectivity index is 3.75. The standard InChI is InChI=1S/C10H21FO/c1-6-7(2)9(4)12-10(5)8(3)11/h7-10H,6H2,1-5H3. The van der Waals surface area contributed by atoms with E-state index in [1.807, 2.05) is 6.92 Å². The van der Waals surface area contributed by atoms with E-state index in [0.717, 1.165) is 6.42 Å². The monoisotopic (exact) mass is 176 g/mol. The van der Waals surface area contributed by atoms with Crippen LogP contribution in [0.1, 0.15) is 41.0 Å². The van der Waals surface area contributed by atoms with Crippen LogP contribution < -0.4 is 0 Å². The van der Waals surface area contributed by atoms with Gasteiger partial charge in [-0.25, -0.2) is 4.39 Å². The van der Waals surface area contributed by atoms with Gasteiger partial charge in [0.15, 0.2) is 0 Å². The summed E-state index contributed by atoms with van der Waals surface area (Å²) in [7, 11) is 0. The highest BCUT2D eigenvalue weighted by atomic mass is 19.1. The lowest BCUT2D eigenvalue weighted by Gasteiger charge is -2.24. The van der Waals surface area contributed by atoms with Gasteiger partial charge in [-0.2, -0.15) is 0 Å². The molecule has 0 aliphatic heterocycles. The first kappa shape index (κ1) is 11.9. The lowest BCUT2D eigenvalue weighted by atomic mass is 10.0. The van der Waals surface area contributed by atoms with Crippen molar-refractivity contribution in [3.63, 3.8) is 0 Å². The molecule has 12 heavy (non-hydrogen) atoms. The maximum Gasteiger partial charge on any atom is 0.123 e. The molecule has 0 saturated heterocycles. The number of rotatable bonds is 5. The van der Waals surface area contributed by atoms with Crippen LogP contribution in [-0.4, -0.2) is 18.4 Å². The lowest BCUT2D eigenvalue weighted by Crippen LogP contribution is -2.28. The summed E-state index contributed by atoms with van der Waals surface area (Å²) in [4.78, 5) is 0. The van der Waals surface area contributed by atoms with E-state index in [2.05, 4.69) is 13.8 Å². The van der Waals surface area contributed by atoms with E-state index in [9.17, 15) is 4.39 Å². The van der Waals surface area contributed by atoms with Crippen molar-refractivity contribution in [1.82, 2.24) is 0 Å². The summed E-state index contributed by atoms with van der Waals surface area (Å²) in [5.74, 6) is 0.506. The number of hydrogen-bond acceptors (Lipinski definition) is 1. The van der Waals surface area contributed by atoms with Crippen LogP contribution in [0, 0.1) is 5.92 Å². The molecule has 0 amide bonds. The Hall–Kier alpha value is -0.110. The first-order valence-electron chi connectivity index (χ1n) is 4.78. The van der Waals surface area contributed by atoms with Crippen LogP contribution >= 0.6 is 0 Å². The van der Waals surface area contributed by atoms with Gasteiger partial charge in [0, 0.05) is 0 Å². The SMILES string of the molecule is CCC(C)C(C)OC(C)C(C)F. The average molecular weight is 176 g/mol. The average Bonchev–Trinajstić information content (AvgIpc) is 2.02. The van der Waals surface area contributed by atoms with E-state index >= 15 is 0 Å². The number of halogens is 1. The normalized spacial score (nSPS) is 21.5. The van der Waals surface area contributed by atoms with Gasteiger partial charge in [0.1, 0.15) is 6.17 Å². The molecular formula is C10H21FO. The Morgan fingerprint density at radius 3 is 1.92 bits per heavy atom. The third-order valence-corrected chi connectivity index (χ3v) is 2.52. The van der Waals surface area contributed by atoms with Gasteiger partial charge in [-0.3, -0.25) is 0 Å². The highest BCUT2D eigenvalue weighted by Gasteiger charge is 2.17. The second-order valence-corrected chi connectivity index (χ2v) is 3.61. The molecule has 0 aliphatic rings. The fourth-order valence-corrected chi connectivity index (χ4v) is 0.913. The van der Waals surface area contributed by atoms with Crippen LogP contribution in [0.15, 0.2) is 0 Å². The summed E-state index contributed by atoms with van der Waals surface area (Å²) in [5.41, 5.74) is 0. The Labute approximate surface area is 75.3 Å². The van der Waals surface area contributed by atoms with E-state index in [-0.39, 0.29) is 12.2 Å². The van der Waals surface area contributed by atoms with E-state index in [0.29, 0.717) is 5.92 Å². The highest BCUT2D eigenvalue weighted by Crippen LogP contribution is 2.14. The molecule has 0 N–H and O–H groups in total. The molecule has 0 aromatic heterocycles. The van der Waals surface area contributed by atoms with Crippen LogP contribution in [-0.2, 0) is 4.74 Å². The summed E-state index contributed by atoms with van der Waals surface area (Å²) in [6.07, 6.45) is 0.0721. The predicted octanol–water partition coefficient (Wildman–Crippen LogP) is 3.18. The van der Waals surface area contributed by atoms with Gasteiger partial charge in [0.25, 0.3) is 0 Å². The van der Waals surface area contributed by atoms with Gasteiger partial charge in [-0.05, 0) is 26.7 Å². The fraction of sp³-hybridized carbons (Fsp3) is 1.00. The van der Waals surface area contributed by atoms with Gasteiger partial charge < -0.3 is 4.74 Å². The fourth-order valence-electron chi connectivity index (χ4n) is 0.913. The lowest BCUT2D eigenvalue weighted by molar-refractivity contribution is -0.0513. The zero-order chi connectivity index (χ0) is 9.72. The molecule has 4 unspecified atom stereocenters. The van der Waals surface area contributed by atoms with E-state index in [1.165, 1.54) is 6.92 Å². The molecule has 0 saturated carbocycles. The third-order valence-electron chi connectivity index (χ3n) is 2.52. The third kappa shape index (κ3) is 4.05. The van der Waals surface area contributed by atoms with Gasteiger partial charge >= 0.3 is 0 Å². The van der Waals surface area contributed by atoms with Crippen molar-refractivity contribution >= 4 is 0 Å². The molecule has 1 nitrogen and oxygen atoms in total. The highest BCUT2D eigenvalue weighted by molar-refractivity contribution is 4.64. The quantitative estimate of drug-likeness (QED) is 0.625. The molecule has 0 fully saturated rings. The minimum absolute atomic E-state index is 0.156. The Kier molecular flexibility index (Phi) is 5.47. The zero-order valence-electron chi connectivity index (χ0n) is 8.80. The largest absolute Gasteiger partial charge is 0.372 e. The van der Waals surface area contributed by atoms with Gasteiger partial charge in [-0.1, -0.05) is 20.3 Å². The van der Waals surface area contributed by atoms with Crippen molar-refractivity contribution in [1.29, 1.82) is 0 Å². The minimum Gasteiger partial charge on any atom is -0.372 e. The second kappa shape index (κ2) is 5.52. The van der Waals surface area contributed by atoms with E-state index in [1.54, 1.807) is 6.92 Å². The van der Waals surface area contributed by atoms with Crippen molar-refractivity contribution in [3.05, 3.63) is 0 Å². The zero-order valence-corrected chi connectivity index (χ0v) is 8.80. The molecule has 0 aromatic rings. The van der Waals surface area contributed by atoms with Crippen molar-refractivity contribution in [2.45, 2.75) is 59.4 Å². The molecule has 0 rings (SSSR count). The molecule has 0 aliphatic carbocycles. The first-order valence-corrected chi connectivity index (χ1v) is 4.78. The van der Waals surface area contributed by atoms with Crippen LogP contribution in [0.3, 0.4) is 0 Å². The molecule has 0 radical (unpaired) electrons. The Bertz CT molecular complexity index is 114. The first-order chi connectivity index (χ1) is 5.49. The number of hydrogen-bond donors (Lipinski definition) is 0. The van der Waals surface area contributed by atoms with Crippen LogP contribution in [0.25, 0.3) is 0 Å². The van der Waals surface area contributed by atoms with Crippen molar-refractivity contribution in [3.8, 4) is 0 Å². The number of alkyl halides is 1. The number of ether oxygens (including phenoxy) is 1. The molecule has 0 heterocycles. The van der Waals surface area contributed by atoms with Gasteiger partial charge in [-0.15, -0.1) is 0 Å². The van der Waals surface area contributed by atoms with Crippen molar-refractivity contribution < 1.29 is 9.13 Å². The molecule has 4 atom stereocenters. The molecule has 0 bridgehead atoms. The van der Waals surface area contributed by atoms with Crippen molar-refractivity contribution in [2.24, 2.45) is 5.92 Å². The topological polar surface area (TPSA) is 9.23 Å². The maximum absolute atomic E-state index is 12.7. The smallest absolute Gasteiger partial charge is 0.123 e. The second-order valence-electron chi connectivity index (χ2n) is 3.61. The summed E-state index contributed by atoms with van der Waals surface area (Å²) in [6, 6.07) is 0. The summed E-state index contributed by atoms with van der Waals surface area (Å²) < 4.78 is 18.2. The molecule has 0 spiro atoms. The van der Waals surface area contributed by atoms with Gasteiger partial charge in [0.2, 0.25) is 0 Å². The van der Waals surface area contributed by atoms with Crippen LogP contribution in [0.5, 0.6) is 0 Å². The molecule has 2 heteroatoms. The van der Waals surface area contributed by atoms with Gasteiger partial charge in [0.05, 0.1) is 12.2 Å². The summed E-state index contributed by atoms with van der Waals surface area (Å²) >= 11 is 0. The maximum atomic E-state index is 12.7. The predicted molar refractivity (Wildman–Crippen MR) is 50.0 cm³/mol. The van der Waals surface area contributed by atoms with E-state index in [4.69, 9.17) is 4.74 Å². The molecular weight excluding hydrogens is 155 g/mol. The summed E-state index contributed by atoms with van der Waals surface area (Å²) in [6.45, 7) is 9.57. The Morgan fingerprint density at radius 1 is 1.08 bits per heavy atom. The van der Waals surface area contributed by atoms with Crippen molar-refractivity contribution in [2.75, 3.05) is 0 Å². The van der Waals surface area contributed by atoms with Crippen LogP contribution in [0.4, 0.5) is 4.39 Å². The van der Waals surface area contributed by atoms with E-state index < -0.39 is 6.17 Å². The summed E-state index contributed by atoms with van der Waals surface area (Å²) in [5, 5.41) is 0. The molecule has 0 aromatic carbocycles. The van der Waals surface area contributed by atoms with Crippen LogP contribution in [0.2, 0.25) is 0 Å². The minimum atomic E-state index is -0.878. The Morgan fingerprint density at radius 2 is 1.58 bits per heavy atom. The molecule has 74 valence electrons.